The Morgan fingerprint density at radius 3 is 2.19 bits per heavy atom. The van der Waals surface area contributed by atoms with Crippen molar-refractivity contribution in [3.05, 3.63) is 69.5 Å². The average molecular weight is 634 g/mol. The molecule has 0 spiro atoms. The fourth-order valence-corrected chi connectivity index (χ4v) is 5.41. The number of nitrogens with one attached hydrogen (secondary N) is 2. The standard InChI is InChI=1S/C28H26Cl2F3N3O5.Na/c29-19-2-1-3-20(30)23(19)27-36-24(25(41-27)28(31,32)33)26(40)34-13-12-21(37)35-18-10-8-17(9-11-18)16-6-4-15(5-7-16)14-22(38)39;/h1-3,8-11,15-16H,4-7,12-14H2,(H,34,40)(H,35,37)(H,38,39);/q;+1/p-1. The molecule has 1 aromatic heterocycles. The summed E-state index contributed by atoms with van der Waals surface area (Å²) in [6.45, 7) is -0.260. The quantitative estimate of drug-likeness (QED) is 0.349. The van der Waals surface area contributed by atoms with Gasteiger partial charge in [-0.3, -0.25) is 9.59 Å². The molecular weight excluding hydrogens is 609 g/mol. The number of carboxylic acid groups (broad SMARTS) is 1. The number of carboxylic acids is 1. The number of hydrogen-bond donors (Lipinski definition) is 2. The van der Waals surface area contributed by atoms with Gasteiger partial charge in [0.05, 0.1) is 15.6 Å². The number of aromatic nitrogens is 1. The van der Waals surface area contributed by atoms with E-state index in [1.807, 2.05) is 12.1 Å². The van der Waals surface area contributed by atoms with Gasteiger partial charge in [-0.2, -0.15) is 13.2 Å². The molecule has 0 atom stereocenters. The van der Waals surface area contributed by atoms with Crippen molar-refractivity contribution >= 4 is 46.7 Å². The first kappa shape index (κ1) is 33.9. The summed E-state index contributed by atoms with van der Waals surface area (Å²) in [4.78, 5) is 39.4. The molecule has 0 bridgehead atoms. The van der Waals surface area contributed by atoms with Crippen LogP contribution in [0.3, 0.4) is 0 Å². The van der Waals surface area contributed by atoms with Crippen LogP contribution >= 0.6 is 23.2 Å². The van der Waals surface area contributed by atoms with Crippen molar-refractivity contribution < 1.29 is 66.6 Å². The van der Waals surface area contributed by atoms with Gasteiger partial charge in [0.25, 0.3) is 5.91 Å². The fraction of sp³-hybridized carbons (Fsp3) is 0.357. The molecule has 4 rings (SSSR count). The number of halogens is 5. The molecule has 0 radical (unpaired) electrons. The molecular formula is C28H25Cl2F3N3NaO5. The average Bonchev–Trinajstić information content (AvgIpc) is 3.35. The Morgan fingerprint density at radius 1 is 1.00 bits per heavy atom. The molecule has 0 saturated heterocycles. The number of aliphatic carboxylic acids is 1. The van der Waals surface area contributed by atoms with Crippen LogP contribution in [0, 0.1) is 5.92 Å². The summed E-state index contributed by atoms with van der Waals surface area (Å²) in [5.74, 6) is -4.39. The van der Waals surface area contributed by atoms with Crippen LogP contribution in [-0.4, -0.2) is 29.3 Å². The summed E-state index contributed by atoms with van der Waals surface area (Å²) in [6, 6.07) is 11.5. The number of benzene rings is 2. The van der Waals surface area contributed by atoms with Crippen LogP contribution < -0.4 is 45.3 Å². The zero-order valence-electron chi connectivity index (χ0n) is 22.5. The van der Waals surface area contributed by atoms with E-state index >= 15 is 0 Å². The van der Waals surface area contributed by atoms with Crippen molar-refractivity contribution in [2.75, 3.05) is 11.9 Å². The van der Waals surface area contributed by atoms with Crippen LogP contribution in [0.2, 0.25) is 10.0 Å². The Balaban J connectivity index is 0.00000484. The molecule has 2 aromatic carbocycles. The third-order valence-corrected chi connectivity index (χ3v) is 7.51. The third-order valence-electron chi connectivity index (χ3n) is 6.88. The van der Waals surface area contributed by atoms with Gasteiger partial charge in [0.15, 0.2) is 5.69 Å². The summed E-state index contributed by atoms with van der Waals surface area (Å²) in [5, 5.41) is 15.7. The van der Waals surface area contributed by atoms with E-state index < -0.39 is 41.3 Å². The van der Waals surface area contributed by atoms with Crippen LogP contribution in [0.15, 0.2) is 46.9 Å². The fourth-order valence-electron chi connectivity index (χ4n) is 4.85. The van der Waals surface area contributed by atoms with Crippen LogP contribution in [0.4, 0.5) is 18.9 Å². The number of rotatable bonds is 9. The number of oxazole rings is 1. The van der Waals surface area contributed by atoms with E-state index in [0.29, 0.717) is 11.6 Å². The summed E-state index contributed by atoms with van der Waals surface area (Å²) in [6.07, 6.45) is -1.77. The molecule has 1 saturated carbocycles. The summed E-state index contributed by atoms with van der Waals surface area (Å²) < 4.78 is 45.6. The second kappa shape index (κ2) is 14.7. The number of nitrogens with zero attached hydrogens (tertiary/aromatic N) is 1. The molecule has 42 heavy (non-hydrogen) atoms. The Kier molecular flexibility index (Phi) is 11.9. The summed E-state index contributed by atoms with van der Waals surface area (Å²) in [5.41, 5.74) is 0.517. The number of hydrogen-bond acceptors (Lipinski definition) is 6. The minimum absolute atomic E-state index is 0. The van der Waals surface area contributed by atoms with Crippen molar-refractivity contribution in [2.45, 2.75) is 50.6 Å². The molecule has 14 heteroatoms. The van der Waals surface area contributed by atoms with Gasteiger partial charge in [-0.1, -0.05) is 41.4 Å². The summed E-state index contributed by atoms with van der Waals surface area (Å²) in [7, 11) is 0. The first-order valence-corrected chi connectivity index (χ1v) is 13.6. The van der Waals surface area contributed by atoms with Gasteiger partial charge in [0.2, 0.25) is 17.6 Å². The number of anilines is 1. The minimum atomic E-state index is -5.02. The number of carbonyl (C=O) groups excluding carboxylic acids is 3. The zero-order valence-corrected chi connectivity index (χ0v) is 26.0. The van der Waals surface area contributed by atoms with Gasteiger partial charge < -0.3 is 25.0 Å². The number of carbonyl (C=O) groups is 3. The van der Waals surface area contributed by atoms with E-state index in [2.05, 4.69) is 15.6 Å². The first-order valence-electron chi connectivity index (χ1n) is 12.8. The maximum atomic E-state index is 13.6. The number of alkyl halides is 3. The first-order chi connectivity index (χ1) is 19.4. The SMILES string of the molecule is O=C([O-])CC1CCC(c2ccc(NC(=O)CCNC(=O)c3nc(-c4c(Cl)cccc4Cl)oc3C(F)(F)F)cc2)CC1.[Na+]. The molecule has 8 nitrogen and oxygen atoms in total. The maximum absolute atomic E-state index is 13.6. The van der Waals surface area contributed by atoms with Gasteiger partial charge in [-0.25, -0.2) is 4.98 Å². The van der Waals surface area contributed by atoms with Crippen LogP contribution in [0.25, 0.3) is 11.5 Å². The molecule has 1 fully saturated rings. The zero-order chi connectivity index (χ0) is 29.7. The van der Waals surface area contributed by atoms with Crippen LogP contribution in [-0.2, 0) is 15.8 Å². The Morgan fingerprint density at radius 2 is 1.62 bits per heavy atom. The summed E-state index contributed by atoms with van der Waals surface area (Å²) >= 11 is 12.1. The van der Waals surface area contributed by atoms with Gasteiger partial charge >= 0.3 is 35.7 Å². The third kappa shape index (κ3) is 8.73. The smallest absolute Gasteiger partial charge is 0.550 e. The topological polar surface area (TPSA) is 124 Å². The van der Waals surface area contributed by atoms with Crippen molar-refractivity contribution in [1.29, 1.82) is 0 Å². The molecule has 0 aliphatic heterocycles. The second-order valence-electron chi connectivity index (χ2n) is 9.76. The molecule has 1 aliphatic carbocycles. The van der Waals surface area contributed by atoms with E-state index in [-0.39, 0.29) is 70.5 Å². The van der Waals surface area contributed by atoms with Gasteiger partial charge in [0, 0.05) is 24.6 Å². The minimum Gasteiger partial charge on any atom is -0.550 e. The molecule has 0 unspecified atom stereocenters. The molecule has 2 amide bonds. The van der Waals surface area contributed by atoms with E-state index in [4.69, 9.17) is 27.6 Å². The maximum Gasteiger partial charge on any atom is 1.00 e. The van der Waals surface area contributed by atoms with Gasteiger partial charge in [-0.05, 0) is 73.8 Å². The predicted molar refractivity (Wildman–Crippen MR) is 143 cm³/mol. The Labute approximate surface area is 271 Å². The Hall–Kier alpha value is -2.57. The molecule has 3 aromatic rings. The van der Waals surface area contributed by atoms with E-state index in [1.165, 1.54) is 18.2 Å². The molecule has 1 heterocycles. The molecule has 1 aliphatic rings. The van der Waals surface area contributed by atoms with Gasteiger partial charge in [0.1, 0.15) is 0 Å². The largest absolute Gasteiger partial charge is 1.00 e. The number of amides is 2. The van der Waals surface area contributed by atoms with Crippen LogP contribution in [0.1, 0.15) is 66.3 Å². The van der Waals surface area contributed by atoms with Crippen LogP contribution in [0.5, 0.6) is 0 Å². The van der Waals surface area contributed by atoms with Crippen molar-refractivity contribution in [1.82, 2.24) is 10.3 Å². The van der Waals surface area contributed by atoms with Gasteiger partial charge in [-0.15, -0.1) is 0 Å². The monoisotopic (exact) mass is 633 g/mol. The normalized spacial score (nSPS) is 16.8. The van der Waals surface area contributed by atoms with E-state index in [0.717, 1.165) is 31.2 Å². The molecule has 218 valence electrons. The second-order valence-corrected chi connectivity index (χ2v) is 10.6. The van der Waals surface area contributed by atoms with Crippen molar-refractivity contribution in [3.63, 3.8) is 0 Å². The van der Waals surface area contributed by atoms with E-state index in [9.17, 15) is 32.7 Å². The van der Waals surface area contributed by atoms with Crippen molar-refractivity contribution in [2.24, 2.45) is 5.92 Å². The van der Waals surface area contributed by atoms with Crippen molar-refractivity contribution in [3.8, 4) is 11.5 Å². The van der Waals surface area contributed by atoms with E-state index in [1.54, 1.807) is 12.1 Å². The Bertz CT molecular complexity index is 1400. The molecule has 2 N–H and O–H groups in total. The predicted octanol–water partition coefficient (Wildman–Crippen LogP) is 2.84.